The van der Waals surface area contributed by atoms with Gasteiger partial charge in [0.2, 0.25) is 5.89 Å². The van der Waals surface area contributed by atoms with Crippen molar-refractivity contribution in [2.45, 2.75) is 0 Å². The van der Waals surface area contributed by atoms with Crippen LogP contribution in [-0.4, -0.2) is 4.98 Å². The van der Waals surface area contributed by atoms with Crippen molar-refractivity contribution in [2.24, 2.45) is 0 Å². The van der Waals surface area contributed by atoms with Gasteiger partial charge in [0.1, 0.15) is 16.7 Å². The Morgan fingerprint density at radius 2 is 0.755 bits per heavy atom. The minimum Gasteiger partial charge on any atom is -0.456 e. The third kappa shape index (κ3) is 5.73. The summed E-state index contributed by atoms with van der Waals surface area (Å²) < 4.78 is 12.5. The number of oxazole rings is 1. The molecule has 2 aromatic heterocycles. The molecular weight excluding hydrogens is 649 g/mol. The van der Waals surface area contributed by atoms with Crippen molar-refractivity contribution in [1.29, 1.82) is 0 Å². The predicted molar refractivity (Wildman–Crippen MR) is 218 cm³/mol. The highest BCUT2D eigenvalue weighted by Crippen LogP contribution is 2.39. The van der Waals surface area contributed by atoms with Gasteiger partial charge in [-0.15, -0.1) is 0 Å². The molecule has 0 N–H and O–H groups in total. The van der Waals surface area contributed by atoms with Crippen LogP contribution >= 0.6 is 0 Å². The molecule has 0 amide bonds. The Bertz CT molecular complexity index is 2760. The van der Waals surface area contributed by atoms with Gasteiger partial charge in [0.05, 0.1) is 0 Å². The van der Waals surface area contributed by atoms with Crippen LogP contribution in [0, 0.1) is 0 Å². The van der Waals surface area contributed by atoms with Crippen LogP contribution in [-0.2, 0) is 0 Å². The number of hydrogen-bond donors (Lipinski definition) is 0. The molecule has 10 aromatic rings. The monoisotopic (exact) mass is 680 g/mol. The van der Waals surface area contributed by atoms with Crippen molar-refractivity contribution in [2.75, 3.05) is 4.90 Å². The summed E-state index contributed by atoms with van der Waals surface area (Å²) in [4.78, 5) is 7.08. The van der Waals surface area contributed by atoms with Gasteiger partial charge in [-0.1, -0.05) is 121 Å². The summed E-state index contributed by atoms with van der Waals surface area (Å²) in [6.45, 7) is 0. The Labute approximate surface area is 306 Å². The number of hydrogen-bond acceptors (Lipinski definition) is 4. The molecular formula is C49H32N2O2. The molecule has 0 aliphatic heterocycles. The summed E-state index contributed by atoms with van der Waals surface area (Å²) in [6.07, 6.45) is 0. The van der Waals surface area contributed by atoms with E-state index < -0.39 is 0 Å². The summed E-state index contributed by atoms with van der Waals surface area (Å²) in [7, 11) is 0. The zero-order valence-electron chi connectivity index (χ0n) is 28.7. The number of furan rings is 1. The van der Waals surface area contributed by atoms with Crippen LogP contribution in [0.15, 0.2) is 203 Å². The van der Waals surface area contributed by atoms with Crippen molar-refractivity contribution >= 4 is 50.1 Å². The zero-order chi connectivity index (χ0) is 35.1. The van der Waals surface area contributed by atoms with E-state index in [0.29, 0.717) is 11.5 Å². The highest BCUT2D eigenvalue weighted by Gasteiger charge is 2.16. The molecule has 0 bridgehead atoms. The molecule has 4 heteroatoms. The highest BCUT2D eigenvalue weighted by atomic mass is 16.4. The van der Waals surface area contributed by atoms with Crippen molar-refractivity contribution < 1.29 is 8.83 Å². The Kier molecular flexibility index (Phi) is 7.43. The maximum atomic E-state index is 6.40. The predicted octanol–water partition coefficient (Wildman–Crippen LogP) is 13.9. The fourth-order valence-corrected chi connectivity index (χ4v) is 7.20. The number of aromatic nitrogens is 1. The van der Waals surface area contributed by atoms with Crippen molar-refractivity contribution in [3.8, 4) is 44.8 Å². The van der Waals surface area contributed by atoms with E-state index in [0.717, 1.165) is 61.2 Å². The first kappa shape index (κ1) is 30.6. The van der Waals surface area contributed by atoms with Crippen LogP contribution in [0.3, 0.4) is 0 Å². The Hall–Kier alpha value is -7.17. The third-order valence-corrected chi connectivity index (χ3v) is 9.93. The van der Waals surface area contributed by atoms with Crippen LogP contribution in [0.4, 0.5) is 17.1 Å². The molecule has 0 saturated heterocycles. The van der Waals surface area contributed by atoms with Gasteiger partial charge >= 0.3 is 0 Å². The van der Waals surface area contributed by atoms with E-state index in [-0.39, 0.29) is 0 Å². The molecule has 4 nitrogen and oxygen atoms in total. The molecule has 0 unspecified atom stereocenters. The maximum Gasteiger partial charge on any atom is 0.227 e. The van der Waals surface area contributed by atoms with E-state index >= 15 is 0 Å². The van der Waals surface area contributed by atoms with Crippen molar-refractivity contribution in [3.63, 3.8) is 0 Å². The Balaban J connectivity index is 0.986. The van der Waals surface area contributed by atoms with Crippen molar-refractivity contribution in [3.05, 3.63) is 194 Å². The Morgan fingerprint density at radius 1 is 0.321 bits per heavy atom. The highest BCUT2D eigenvalue weighted by molar-refractivity contribution is 6.09. The van der Waals surface area contributed by atoms with E-state index in [2.05, 4.69) is 163 Å². The molecule has 2 heterocycles. The average molecular weight is 681 g/mol. The second-order valence-electron chi connectivity index (χ2n) is 13.2. The van der Waals surface area contributed by atoms with Gasteiger partial charge in [-0.05, 0) is 100 Å². The van der Waals surface area contributed by atoms with E-state index in [1.165, 1.54) is 22.3 Å². The molecule has 0 spiro atoms. The molecule has 0 radical (unpaired) electrons. The topological polar surface area (TPSA) is 42.4 Å². The van der Waals surface area contributed by atoms with Gasteiger partial charge in [-0.25, -0.2) is 4.98 Å². The van der Waals surface area contributed by atoms with E-state index in [9.17, 15) is 0 Å². The van der Waals surface area contributed by atoms with Crippen LogP contribution < -0.4 is 4.90 Å². The molecule has 0 aliphatic carbocycles. The smallest absolute Gasteiger partial charge is 0.227 e. The summed E-state index contributed by atoms with van der Waals surface area (Å²) in [5, 5.41) is 2.07. The Morgan fingerprint density at radius 3 is 1.28 bits per heavy atom. The molecule has 53 heavy (non-hydrogen) atoms. The average Bonchev–Trinajstić information content (AvgIpc) is 3.82. The van der Waals surface area contributed by atoms with Gasteiger partial charge in [-0.3, -0.25) is 0 Å². The van der Waals surface area contributed by atoms with Crippen LogP contribution in [0.5, 0.6) is 0 Å². The van der Waals surface area contributed by atoms with E-state index in [1.807, 2.05) is 36.4 Å². The van der Waals surface area contributed by atoms with Crippen LogP contribution in [0.1, 0.15) is 0 Å². The van der Waals surface area contributed by atoms with Gasteiger partial charge < -0.3 is 13.7 Å². The zero-order valence-corrected chi connectivity index (χ0v) is 28.7. The van der Waals surface area contributed by atoms with Crippen LogP contribution in [0.2, 0.25) is 0 Å². The molecule has 0 atom stereocenters. The molecule has 0 saturated carbocycles. The first-order valence-electron chi connectivity index (χ1n) is 17.8. The third-order valence-electron chi connectivity index (χ3n) is 9.93. The van der Waals surface area contributed by atoms with Gasteiger partial charge in [0.25, 0.3) is 0 Å². The minimum atomic E-state index is 0.607. The first-order chi connectivity index (χ1) is 26.2. The minimum absolute atomic E-state index is 0.607. The number of benzene rings is 8. The lowest BCUT2D eigenvalue weighted by Crippen LogP contribution is -2.09. The van der Waals surface area contributed by atoms with Gasteiger partial charge in [-0.2, -0.15) is 0 Å². The molecule has 10 rings (SSSR count). The van der Waals surface area contributed by atoms with Gasteiger partial charge in [0, 0.05) is 39.5 Å². The SMILES string of the molecule is c1ccc(-c2ccc(N(c3ccc(-c4ccccc4)cc3)c3ccc(-c4ccc5c(c4)oc4cc6oc(-c7ccccc7)nc6cc45)cc3)cc2)cc1. The van der Waals surface area contributed by atoms with E-state index in [1.54, 1.807) is 0 Å². The number of nitrogens with zero attached hydrogens (tertiary/aromatic N) is 2. The number of fused-ring (bicyclic) bond motifs is 4. The molecule has 250 valence electrons. The number of anilines is 3. The molecule has 0 fully saturated rings. The lowest BCUT2D eigenvalue weighted by molar-refractivity contribution is 0.617. The molecule has 0 aliphatic rings. The second-order valence-corrected chi connectivity index (χ2v) is 13.2. The largest absolute Gasteiger partial charge is 0.456 e. The normalized spacial score (nSPS) is 11.4. The lowest BCUT2D eigenvalue weighted by atomic mass is 10.0. The summed E-state index contributed by atoms with van der Waals surface area (Å²) in [5.74, 6) is 0.607. The fraction of sp³-hybridized carbons (Fsp3) is 0. The first-order valence-corrected chi connectivity index (χ1v) is 17.8. The summed E-state index contributed by atoms with van der Waals surface area (Å²) >= 11 is 0. The summed E-state index contributed by atoms with van der Waals surface area (Å²) in [5.41, 5.74) is 14.3. The number of rotatable bonds is 7. The quantitative estimate of drug-likeness (QED) is 0.168. The summed E-state index contributed by atoms with van der Waals surface area (Å²) in [6, 6.07) is 67.7. The maximum absolute atomic E-state index is 6.40. The van der Waals surface area contributed by atoms with Crippen LogP contribution in [0.25, 0.3) is 77.9 Å². The standard InChI is InChI=1S/C49H32N2O2/c1-4-10-33(11-5-1)35-16-23-40(24-17-35)51(41-25-18-36(19-26-41)34-12-6-2-7-13-34)42-27-20-37(21-28-42)39-22-29-43-44-31-45-48(32-47(44)52-46(43)30-39)53-49(50-45)38-14-8-3-9-15-38/h1-32H. The fourth-order valence-electron chi connectivity index (χ4n) is 7.20. The second kappa shape index (κ2) is 12.9. The van der Waals surface area contributed by atoms with Crippen molar-refractivity contribution in [1.82, 2.24) is 4.98 Å². The van der Waals surface area contributed by atoms with E-state index in [4.69, 9.17) is 13.8 Å². The lowest BCUT2D eigenvalue weighted by Gasteiger charge is -2.26. The molecule has 8 aromatic carbocycles. The van der Waals surface area contributed by atoms with Gasteiger partial charge in [0.15, 0.2) is 5.58 Å².